The molecule has 0 amide bonds. The minimum Gasteiger partial charge on any atom is -0.375 e. The van der Waals surface area contributed by atoms with E-state index in [-0.39, 0.29) is 0 Å². The summed E-state index contributed by atoms with van der Waals surface area (Å²) in [7, 11) is 1.96. The zero-order chi connectivity index (χ0) is 12.3. The lowest BCUT2D eigenvalue weighted by Crippen LogP contribution is -2.41. The zero-order valence-corrected chi connectivity index (χ0v) is 10.9. The largest absolute Gasteiger partial charge is 0.375 e. The van der Waals surface area contributed by atoms with Gasteiger partial charge >= 0.3 is 0 Å². The van der Waals surface area contributed by atoms with Crippen LogP contribution in [0.3, 0.4) is 0 Å². The molecule has 1 aromatic heterocycles. The Labute approximate surface area is 103 Å². The molecule has 2 heterocycles. The van der Waals surface area contributed by atoms with Gasteiger partial charge in [0.25, 0.3) is 0 Å². The highest BCUT2D eigenvalue weighted by molar-refractivity contribution is 5.42. The van der Waals surface area contributed by atoms with Crippen molar-refractivity contribution in [2.75, 3.05) is 31.6 Å². The molecular formula is C13H21N3O. The summed E-state index contributed by atoms with van der Waals surface area (Å²) in [4.78, 5) is 6.98. The van der Waals surface area contributed by atoms with Gasteiger partial charge in [-0.2, -0.15) is 0 Å². The van der Waals surface area contributed by atoms with Gasteiger partial charge in [-0.05, 0) is 32.5 Å². The molecule has 1 saturated heterocycles. The molecule has 1 aliphatic heterocycles. The Morgan fingerprint density at radius 3 is 3.00 bits per heavy atom. The van der Waals surface area contributed by atoms with E-state index < -0.39 is 0 Å². The molecule has 94 valence electrons. The maximum Gasteiger partial charge on any atom is 0.128 e. The van der Waals surface area contributed by atoms with E-state index in [1.807, 2.05) is 7.05 Å². The highest BCUT2D eigenvalue weighted by atomic mass is 16.5. The normalized spacial score (nSPS) is 20.6. The fraction of sp³-hybridized carbons (Fsp3) is 0.615. The second kappa shape index (κ2) is 5.47. The molecular weight excluding hydrogens is 214 g/mol. The van der Waals surface area contributed by atoms with Crippen LogP contribution < -0.4 is 10.2 Å². The highest BCUT2D eigenvalue weighted by Crippen LogP contribution is 2.17. The van der Waals surface area contributed by atoms with E-state index in [0.717, 1.165) is 37.8 Å². The number of nitrogens with zero attached hydrogens (tertiary/aromatic N) is 2. The number of rotatable bonds is 3. The number of nitrogens with one attached hydrogen (secondary N) is 1. The minimum absolute atomic E-state index is 0.294. The highest BCUT2D eigenvalue weighted by Gasteiger charge is 2.18. The number of hydrogen-bond donors (Lipinski definition) is 1. The van der Waals surface area contributed by atoms with Crippen LogP contribution in [0.2, 0.25) is 0 Å². The van der Waals surface area contributed by atoms with Gasteiger partial charge in [-0.25, -0.2) is 4.98 Å². The number of hydrogen-bond acceptors (Lipinski definition) is 4. The summed E-state index contributed by atoms with van der Waals surface area (Å²) in [5, 5.41) is 3.16. The van der Waals surface area contributed by atoms with E-state index in [0.29, 0.717) is 6.10 Å². The van der Waals surface area contributed by atoms with E-state index in [2.05, 4.69) is 41.2 Å². The van der Waals surface area contributed by atoms with E-state index in [1.54, 1.807) is 0 Å². The lowest BCUT2D eigenvalue weighted by molar-refractivity contribution is 0.0529. The molecule has 0 bridgehead atoms. The summed E-state index contributed by atoms with van der Waals surface area (Å²) in [6.45, 7) is 7.70. The predicted molar refractivity (Wildman–Crippen MR) is 69.4 cm³/mol. The third-order valence-corrected chi connectivity index (χ3v) is 3.11. The van der Waals surface area contributed by atoms with Gasteiger partial charge in [0.2, 0.25) is 0 Å². The first-order valence-corrected chi connectivity index (χ1v) is 6.18. The lowest BCUT2D eigenvalue weighted by Gasteiger charge is -2.32. The standard InChI is InChI=1S/C13H21N3O/c1-10-9-16(6-7-17-10)13-5-4-12(8-14-3)11(2)15-13/h4-5,10,14H,6-9H2,1-3H3. The fourth-order valence-corrected chi connectivity index (χ4v) is 2.16. The molecule has 0 saturated carbocycles. The van der Waals surface area contributed by atoms with Crippen molar-refractivity contribution in [2.45, 2.75) is 26.5 Å². The summed E-state index contributed by atoms with van der Waals surface area (Å²) >= 11 is 0. The van der Waals surface area contributed by atoms with Crippen LogP contribution in [-0.4, -0.2) is 37.8 Å². The van der Waals surface area contributed by atoms with Gasteiger partial charge in [-0.15, -0.1) is 0 Å². The summed E-state index contributed by atoms with van der Waals surface area (Å²) < 4.78 is 5.54. The minimum atomic E-state index is 0.294. The van der Waals surface area contributed by atoms with Gasteiger partial charge in [-0.3, -0.25) is 0 Å². The monoisotopic (exact) mass is 235 g/mol. The van der Waals surface area contributed by atoms with Crippen molar-refractivity contribution in [3.63, 3.8) is 0 Å². The first-order chi connectivity index (χ1) is 8.20. The third kappa shape index (κ3) is 2.96. The first-order valence-electron chi connectivity index (χ1n) is 6.18. The van der Waals surface area contributed by atoms with Crippen LogP contribution in [0.25, 0.3) is 0 Å². The van der Waals surface area contributed by atoms with Gasteiger partial charge in [0, 0.05) is 25.3 Å². The molecule has 17 heavy (non-hydrogen) atoms. The van der Waals surface area contributed by atoms with Crippen molar-refractivity contribution in [3.05, 3.63) is 23.4 Å². The fourth-order valence-electron chi connectivity index (χ4n) is 2.16. The Bertz CT molecular complexity index is 381. The molecule has 0 aliphatic carbocycles. The lowest BCUT2D eigenvalue weighted by atomic mass is 10.2. The van der Waals surface area contributed by atoms with Gasteiger partial charge in [0.05, 0.1) is 12.7 Å². The van der Waals surface area contributed by atoms with Gasteiger partial charge in [0.1, 0.15) is 5.82 Å². The third-order valence-electron chi connectivity index (χ3n) is 3.11. The van der Waals surface area contributed by atoms with E-state index >= 15 is 0 Å². The maximum absolute atomic E-state index is 5.54. The summed E-state index contributed by atoms with van der Waals surface area (Å²) in [5.74, 6) is 1.07. The van der Waals surface area contributed by atoms with Crippen molar-refractivity contribution < 1.29 is 4.74 Å². The quantitative estimate of drug-likeness (QED) is 0.858. The van der Waals surface area contributed by atoms with Crippen LogP contribution >= 0.6 is 0 Å². The average molecular weight is 235 g/mol. The van der Waals surface area contributed by atoms with Gasteiger partial charge < -0.3 is 15.0 Å². The Kier molecular flexibility index (Phi) is 3.97. The Hall–Kier alpha value is -1.13. The summed E-state index contributed by atoms with van der Waals surface area (Å²) in [6.07, 6.45) is 0.294. The van der Waals surface area contributed by atoms with Crippen LogP contribution in [0.4, 0.5) is 5.82 Å². The van der Waals surface area contributed by atoms with Crippen molar-refractivity contribution in [2.24, 2.45) is 0 Å². The Balaban J connectivity index is 2.13. The molecule has 1 aliphatic rings. The molecule has 1 aromatic rings. The molecule has 4 nitrogen and oxygen atoms in total. The molecule has 0 radical (unpaired) electrons. The van der Waals surface area contributed by atoms with Gasteiger partial charge in [-0.1, -0.05) is 6.07 Å². The van der Waals surface area contributed by atoms with Crippen molar-refractivity contribution >= 4 is 5.82 Å². The summed E-state index contributed by atoms with van der Waals surface area (Å²) in [6, 6.07) is 4.27. The van der Waals surface area contributed by atoms with E-state index in [1.165, 1.54) is 5.56 Å². The van der Waals surface area contributed by atoms with E-state index in [9.17, 15) is 0 Å². The van der Waals surface area contributed by atoms with Crippen LogP contribution in [0.5, 0.6) is 0 Å². The molecule has 1 fully saturated rings. The number of aromatic nitrogens is 1. The molecule has 1 N–H and O–H groups in total. The van der Waals surface area contributed by atoms with Gasteiger partial charge in [0.15, 0.2) is 0 Å². The number of aryl methyl sites for hydroxylation is 1. The smallest absolute Gasteiger partial charge is 0.128 e. The molecule has 1 unspecified atom stereocenters. The molecule has 1 atom stereocenters. The SMILES string of the molecule is CNCc1ccc(N2CCOC(C)C2)nc1C. The average Bonchev–Trinajstić information content (AvgIpc) is 2.32. The van der Waals surface area contributed by atoms with Crippen molar-refractivity contribution in [3.8, 4) is 0 Å². The van der Waals surface area contributed by atoms with Crippen LogP contribution in [0.1, 0.15) is 18.2 Å². The molecule has 4 heteroatoms. The van der Waals surface area contributed by atoms with Crippen molar-refractivity contribution in [1.82, 2.24) is 10.3 Å². The Morgan fingerprint density at radius 2 is 2.35 bits per heavy atom. The zero-order valence-electron chi connectivity index (χ0n) is 10.9. The summed E-state index contributed by atoms with van der Waals surface area (Å²) in [5.41, 5.74) is 2.37. The topological polar surface area (TPSA) is 37.4 Å². The van der Waals surface area contributed by atoms with E-state index in [4.69, 9.17) is 4.74 Å². The molecule has 0 aromatic carbocycles. The van der Waals surface area contributed by atoms with Crippen molar-refractivity contribution in [1.29, 1.82) is 0 Å². The second-order valence-electron chi connectivity index (χ2n) is 4.57. The second-order valence-corrected chi connectivity index (χ2v) is 4.57. The number of anilines is 1. The number of ether oxygens (including phenoxy) is 1. The number of pyridine rings is 1. The molecule has 0 spiro atoms. The van der Waals surface area contributed by atoms with Crippen LogP contribution in [0, 0.1) is 6.92 Å². The van der Waals surface area contributed by atoms with Crippen LogP contribution in [-0.2, 0) is 11.3 Å². The number of morpholine rings is 1. The van der Waals surface area contributed by atoms with Crippen LogP contribution in [0.15, 0.2) is 12.1 Å². The maximum atomic E-state index is 5.54. The predicted octanol–water partition coefficient (Wildman–Crippen LogP) is 1.33. The Morgan fingerprint density at radius 1 is 1.53 bits per heavy atom. The molecule has 2 rings (SSSR count). The first kappa shape index (κ1) is 12.3.